The second kappa shape index (κ2) is 6.57. The van der Waals surface area contributed by atoms with Crippen molar-refractivity contribution >= 4 is 11.9 Å². The lowest BCUT2D eigenvalue weighted by molar-refractivity contribution is -0.150. The summed E-state index contributed by atoms with van der Waals surface area (Å²) in [6.07, 6.45) is 3.46. The van der Waals surface area contributed by atoms with Gasteiger partial charge in [0, 0.05) is 19.1 Å². The maximum atomic E-state index is 12.0. The van der Waals surface area contributed by atoms with Gasteiger partial charge in [-0.05, 0) is 39.5 Å². The van der Waals surface area contributed by atoms with E-state index >= 15 is 0 Å². The number of rotatable bonds is 6. The molecule has 5 heteroatoms. The quantitative estimate of drug-likeness (QED) is 0.785. The molecule has 0 aromatic carbocycles. The molecule has 1 heterocycles. The summed E-state index contributed by atoms with van der Waals surface area (Å²) < 4.78 is 5.87. The first-order valence-corrected chi connectivity index (χ1v) is 7.41. The van der Waals surface area contributed by atoms with Gasteiger partial charge in [-0.15, -0.1) is 0 Å². The van der Waals surface area contributed by atoms with Crippen molar-refractivity contribution in [2.75, 3.05) is 6.61 Å². The van der Waals surface area contributed by atoms with E-state index in [4.69, 9.17) is 9.84 Å². The lowest BCUT2D eigenvalue weighted by Crippen LogP contribution is -2.49. The first-order chi connectivity index (χ1) is 9.24. The molecule has 5 nitrogen and oxygen atoms in total. The lowest BCUT2D eigenvalue weighted by atomic mass is 9.85. The summed E-state index contributed by atoms with van der Waals surface area (Å²) in [5.74, 6) is -1.14. The van der Waals surface area contributed by atoms with E-state index < -0.39 is 11.4 Å². The van der Waals surface area contributed by atoms with Crippen LogP contribution in [0, 0.1) is 5.41 Å². The van der Waals surface area contributed by atoms with Crippen LogP contribution in [0.5, 0.6) is 0 Å². The van der Waals surface area contributed by atoms with Crippen LogP contribution in [0.1, 0.15) is 59.8 Å². The SMILES string of the molecule is CCC1(CC)CC(NC(=O)CC(C)(C)C(=O)O)CCO1. The van der Waals surface area contributed by atoms with Crippen molar-refractivity contribution in [2.24, 2.45) is 5.41 Å². The zero-order valence-corrected chi connectivity index (χ0v) is 13.0. The third kappa shape index (κ3) is 4.20. The standard InChI is InChI=1S/C15H27NO4/c1-5-15(6-2)9-11(7-8-20-15)16-12(17)10-14(3,4)13(18)19/h11H,5-10H2,1-4H3,(H,16,17)(H,18,19). The molecule has 1 aliphatic rings. The maximum Gasteiger partial charge on any atom is 0.309 e. The van der Waals surface area contributed by atoms with Gasteiger partial charge in [-0.3, -0.25) is 9.59 Å². The highest BCUT2D eigenvalue weighted by molar-refractivity contribution is 5.84. The van der Waals surface area contributed by atoms with E-state index in [0.29, 0.717) is 6.61 Å². The summed E-state index contributed by atoms with van der Waals surface area (Å²) in [5.41, 5.74) is -1.17. The number of hydrogen-bond donors (Lipinski definition) is 2. The smallest absolute Gasteiger partial charge is 0.309 e. The normalized spacial score (nSPS) is 22.3. The number of carbonyl (C=O) groups is 2. The molecule has 2 N–H and O–H groups in total. The second-order valence-electron chi connectivity index (χ2n) is 6.36. The van der Waals surface area contributed by atoms with Gasteiger partial charge < -0.3 is 15.2 Å². The van der Waals surface area contributed by atoms with E-state index in [1.165, 1.54) is 0 Å². The van der Waals surface area contributed by atoms with E-state index in [1.54, 1.807) is 13.8 Å². The first-order valence-electron chi connectivity index (χ1n) is 7.41. The van der Waals surface area contributed by atoms with E-state index in [2.05, 4.69) is 19.2 Å². The highest BCUT2D eigenvalue weighted by Crippen LogP contribution is 2.31. The molecule has 1 rings (SSSR count). The van der Waals surface area contributed by atoms with Crippen LogP contribution in [0.15, 0.2) is 0 Å². The zero-order valence-electron chi connectivity index (χ0n) is 13.0. The van der Waals surface area contributed by atoms with Gasteiger partial charge in [0.05, 0.1) is 11.0 Å². The summed E-state index contributed by atoms with van der Waals surface area (Å²) in [4.78, 5) is 23.0. The summed E-state index contributed by atoms with van der Waals surface area (Å²) in [7, 11) is 0. The molecule has 1 atom stereocenters. The fourth-order valence-electron chi connectivity index (χ4n) is 2.65. The molecule has 1 saturated heterocycles. The molecule has 1 aliphatic heterocycles. The third-order valence-electron chi connectivity index (χ3n) is 4.33. The minimum Gasteiger partial charge on any atom is -0.481 e. The molecule has 0 aromatic rings. The van der Waals surface area contributed by atoms with Crippen molar-refractivity contribution in [1.29, 1.82) is 0 Å². The highest BCUT2D eigenvalue weighted by atomic mass is 16.5. The molecule has 1 unspecified atom stereocenters. The van der Waals surface area contributed by atoms with Crippen molar-refractivity contribution in [2.45, 2.75) is 71.4 Å². The van der Waals surface area contributed by atoms with Crippen LogP contribution in [0.3, 0.4) is 0 Å². The molecular formula is C15H27NO4. The fraction of sp³-hybridized carbons (Fsp3) is 0.867. The molecule has 0 aliphatic carbocycles. The Kier molecular flexibility index (Phi) is 5.57. The van der Waals surface area contributed by atoms with Crippen LogP contribution in [0.4, 0.5) is 0 Å². The number of carboxylic acids is 1. The van der Waals surface area contributed by atoms with Gasteiger partial charge >= 0.3 is 5.97 Å². The minimum atomic E-state index is -1.03. The summed E-state index contributed by atoms with van der Waals surface area (Å²) in [6, 6.07) is 0.0840. The molecule has 1 amide bonds. The predicted molar refractivity (Wildman–Crippen MR) is 76.5 cm³/mol. The lowest BCUT2D eigenvalue weighted by Gasteiger charge is -2.40. The van der Waals surface area contributed by atoms with Crippen molar-refractivity contribution in [3.05, 3.63) is 0 Å². The number of amides is 1. The van der Waals surface area contributed by atoms with Crippen LogP contribution in [0.25, 0.3) is 0 Å². The van der Waals surface area contributed by atoms with Gasteiger partial charge in [-0.25, -0.2) is 0 Å². The second-order valence-corrected chi connectivity index (χ2v) is 6.36. The molecule has 0 aromatic heterocycles. The van der Waals surface area contributed by atoms with E-state index in [9.17, 15) is 9.59 Å². The Morgan fingerprint density at radius 1 is 1.35 bits per heavy atom. The van der Waals surface area contributed by atoms with Crippen LogP contribution in [-0.2, 0) is 14.3 Å². The Labute approximate surface area is 121 Å². The minimum absolute atomic E-state index is 0.00490. The molecule has 20 heavy (non-hydrogen) atoms. The van der Waals surface area contributed by atoms with Gasteiger partial charge in [0.25, 0.3) is 0 Å². The molecular weight excluding hydrogens is 258 g/mol. The maximum absolute atomic E-state index is 12.0. The van der Waals surface area contributed by atoms with E-state index in [-0.39, 0.29) is 24.0 Å². The number of carboxylic acid groups (broad SMARTS) is 1. The van der Waals surface area contributed by atoms with Crippen LogP contribution in [0.2, 0.25) is 0 Å². The average Bonchev–Trinajstić information content (AvgIpc) is 2.37. The Hall–Kier alpha value is -1.10. The molecule has 0 saturated carbocycles. The average molecular weight is 285 g/mol. The van der Waals surface area contributed by atoms with Crippen molar-refractivity contribution in [3.63, 3.8) is 0 Å². The number of hydrogen-bond acceptors (Lipinski definition) is 3. The molecule has 1 fully saturated rings. The fourth-order valence-corrected chi connectivity index (χ4v) is 2.65. The zero-order chi connectivity index (χ0) is 15.4. The monoisotopic (exact) mass is 285 g/mol. The molecule has 0 bridgehead atoms. The third-order valence-corrected chi connectivity index (χ3v) is 4.33. The van der Waals surface area contributed by atoms with Gasteiger partial charge in [0.15, 0.2) is 0 Å². The van der Waals surface area contributed by atoms with Crippen molar-refractivity contribution < 1.29 is 19.4 Å². The topological polar surface area (TPSA) is 75.6 Å². The van der Waals surface area contributed by atoms with Crippen molar-refractivity contribution in [1.82, 2.24) is 5.32 Å². The largest absolute Gasteiger partial charge is 0.481 e. The van der Waals surface area contributed by atoms with Gasteiger partial charge in [0.2, 0.25) is 5.91 Å². The number of carbonyl (C=O) groups excluding carboxylic acids is 1. The first kappa shape index (κ1) is 17.0. The van der Waals surface area contributed by atoms with Gasteiger partial charge in [-0.1, -0.05) is 13.8 Å². The highest BCUT2D eigenvalue weighted by Gasteiger charge is 2.36. The van der Waals surface area contributed by atoms with E-state index in [1.807, 2.05) is 0 Å². The summed E-state index contributed by atoms with van der Waals surface area (Å²) in [6.45, 7) is 7.99. The van der Waals surface area contributed by atoms with Gasteiger partial charge in [-0.2, -0.15) is 0 Å². The summed E-state index contributed by atoms with van der Waals surface area (Å²) in [5, 5.41) is 12.0. The molecule has 0 spiro atoms. The Bertz CT molecular complexity index is 361. The molecule has 0 radical (unpaired) electrons. The number of aliphatic carboxylic acids is 1. The Morgan fingerprint density at radius 2 is 1.95 bits per heavy atom. The van der Waals surface area contributed by atoms with E-state index in [0.717, 1.165) is 25.7 Å². The Balaban J connectivity index is 2.56. The van der Waals surface area contributed by atoms with Gasteiger partial charge in [0.1, 0.15) is 0 Å². The Morgan fingerprint density at radius 3 is 2.45 bits per heavy atom. The number of nitrogens with one attached hydrogen (secondary N) is 1. The number of ether oxygens (including phenoxy) is 1. The van der Waals surface area contributed by atoms with Crippen LogP contribution < -0.4 is 5.32 Å². The summed E-state index contributed by atoms with van der Waals surface area (Å²) >= 11 is 0. The predicted octanol–water partition coefficient (Wildman–Crippen LogP) is 2.34. The van der Waals surface area contributed by atoms with Crippen LogP contribution in [-0.4, -0.2) is 35.2 Å². The molecule has 116 valence electrons. The van der Waals surface area contributed by atoms with Crippen molar-refractivity contribution in [3.8, 4) is 0 Å². The van der Waals surface area contributed by atoms with Crippen LogP contribution >= 0.6 is 0 Å².